The van der Waals surface area contributed by atoms with Gasteiger partial charge in [-0.15, -0.1) is 0 Å². The first-order valence-electron chi connectivity index (χ1n) is 10.2. The molecule has 3 aromatic rings. The quantitative estimate of drug-likeness (QED) is 0.500. The van der Waals surface area contributed by atoms with Crippen LogP contribution >= 0.6 is 11.6 Å². The highest BCUT2D eigenvalue weighted by Gasteiger charge is 2.47. The van der Waals surface area contributed by atoms with Crippen LogP contribution in [-0.2, 0) is 0 Å². The number of hydrogen-bond donors (Lipinski definition) is 2. The van der Waals surface area contributed by atoms with Crippen LogP contribution in [0.1, 0.15) is 58.6 Å². The lowest BCUT2D eigenvalue weighted by Crippen LogP contribution is -2.36. The molecule has 1 amide bonds. The van der Waals surface area contributed by atoms with Crippen LogP contribution in [0.2, 0.25) is 5.02 Å². The number of hydrogen-bond acceptors (Lipinski definition) is 3. The maximum Gasteiger partial charge on any atom is 0.410 e. The lowest BCUT2D eigenvalue weighted by molar-refractivity contribution is -0.173. The smallest absolute Gasteiger partial charge is 0.362 e. The third kappa shape index (κ3) is 4.32. The molecular weight excluding hydrogens is 441 g/mol. The largest absolute Gasteiger partial charge is 0.410 e. The van der Waals surface area contributed by atoms with E-state index in [2.05, 4.69) is 15.7 Å². The third-order valence-corrected chi connectivity index (χ3v) is 6.00. The molecule has 2 N–H and O–H groups in total. The van der Waals surface area contributed by atoms with E-state index >= 15 is 0 Å². The van der Waals surface area contributed by atoms with Crippen LogP contribution < -0.4 is 10.6 Å². The normalized spacial score (nSPS) is 19.1. The zero-order valence-corrected chi connectivity index (χ0v) is 18.2. The number of anilines is 1. The summed E-state index contributed by atoms with van der Waals surface area (Å²) in [6.45, 7) is 3.69. The first-order chi connectivity index (χ1) is 15.1. The molecule has 3 atom stereocenters. The van der Waals surface area contributed by atoms with Gasteiger partial charge in [-0.05, 0) is 25.0 Å². The molecule has 1 aliphatic heterocycles. The minimum atomic E-state index is -4.56. The van der Waals surface area contributed by atoms with Gasteiger partial charge in [-0.2, -0.15) is 18.3 Å². The zero-order valence-electron chi connectivity index (χ0n) is 17.4. The van der Waals surface area contributed by atoms with E-state index in [0.717, 1.165) is 15.8 Å². The highest BCUT2D eigenvalue weighted by Crippen LogP contribution is 2.46. The molecule has 0 unspecified atom stereocenters. The number of nitrogens with one attached hydrogen (secondary N) is 2. The van der Waals surface area contributed by atoms with Crippen molar-refractivity contribution in [2.24, 2.45) is 0 Å². The first-order valence-corrected chi connectivity index (χ1v) is 10.6. The second kappa shape index (κ2) is 8.50. The molecular formula is C23H22ClF3N4O. The average Bonchev–Trinajstić information content (AvgIpc) is 3.10. The van der Waals surface area contributed by atoms with Crippen molar-refractivity contribution in [3.63, 3.8) is 0 Å². The van der Waals surface area contributed by atoms with Crippen LogP contribution in [0, 0.1) is 6.92 Å². The van der Waals surface area contributed by atoms with Crippen molar-refractivity contribution in [1.82, 2.24) is 15.1 Å². The van der Waals surface area contributed by atoms with Gasteiger partial charge in [0.25, 0.3) is 5.91 Å². The van der Waals surface area contributed by atoms with Crippen molar-refractivity contribution in [3.8, 4) is 0 Å². The van der Waals surface area contributed by atoms with Crippen molar-refractivity contribution in [2.75, 3.05) is 5.32 Å². The predicted molar refractivity (Wildman–Crippen MR) is 117 cm³/mol. The molecule has 32 heavy (non-hydrogen) atoms. The van der Waals surface area contributed by atoms with Crippen LogP contribution in [0.5, 0.6) is 0 Å². The second-order valence-electron chi connectivity index (χ2n) is 7.96. The number of carbonyl (C=O) groups excluding carboxylic acids is 1. The molecule has 1 aliphatic rings. The summed E-state index contributed by atoms with van der Waals surface area (Å²) in [5, 5.41) is 9.66. The molecule has 0 radical (unpaired) electrons. The van der Waals surface area contributed by atoms with E-state index in [1.165, 1.54) is 0 Å². The summed E-state index contributed by atoms with van der Waals surface area (Å²) < 4.78 is 42.5. The molecule has 0 aliphatic carbocycles. The summed E-state index contributed by atoms with van der Waals surface area (Å²) in [6, 6.07) is 13.6. The Morgan fingerprint density at radius 1 is 1.19 bits per heavy atom. The molecule has 2 aromatic carbocycles. The molecule has 168 valence electrons. The number of halogens is 4. The van der Waals surface area contributed by atoms with Crippen LogP contribution in [0.15, 0.2) is 54.6 Å². The van der Waals surface area contributed by atoms with E-state index in [-0.39, 0.29) is 29.0 Å². The predicted octanol–water partition coefficient (Wildman–Crippen LogP) is 6.00. The highest BCUT2D eigenvalue weighted by molar-refractivity contribution is 6.36. The molecule has 1 aromatic heterocycles. The zero-order chi connectivity index (χ0) is 23.0. The molecule has 2 heterocycles. The van der Waals surface area contributed by atoms with E-state index in [1.807, 2.05) is 49.4 Å². The number of carbonyl (C=O) groups is 1. The number of amides is 1. The number of benzene rings is 2. The van der Waals surface area contributed by atoms with Gasteiger partial charge in [0.1, 0.15) is 10.8 Å². The first kappa shape index (κ1) is 22.2. The molecule has 0 spiro atoms. The fraction of sp³-hybridized carbons (Fsp3) is 0.304. The summed E-state index contributed by atoms with van der Waals surface area (Å²) >= 11 is 6.39. The van der Waals surface area contributed by atoms with Crippen molar-refractivity contribution >= 4 is 23.3 Å². The Balaban J connectivity index is 1.66. The van der Waals surface area contributed by atoms with Crippen LogP contribution in [0.3, 0.4) is 0 Å². The fourth-order valence-corrected chi connectivity index (χ4v) is 4.11. The Labute approximate surface area is 188 Å². The standard InChI is InChI=1S/C23H22ClF3N4O/c1-13-8-10-16(11-9-13)17-12-18(23(25,26)27)31-21(29-17)19(24)20(30-31)22(32)28-14(2)15-6-4-3-5-7-15/h3-11,14,17-18,29H,12H2,1-2H3,(H,28,32)/t14-,17-,18-/m0/s1. The Morgan fingerprint density at radius 3 is 2.47 bits per heavy atom. The van der Waals surface area contributed by atoms with Gasteiger partial charge < -0.3 is 10.6 Å². The Hall–Kier alpha value is -3.00. The summed E-state index contributed by atoms with van der Waals surface area (Å²) in [6.07, 6.45) is -4.82. The van der Waals surface area contributed by atoms with Gasteiger partial charge in [-0.25, -0.2) is 4.68 Å². The molecule has 0 saturated heterocycles. The molecule has 4 rings (SSSR count). The number of nitrogens with zero attached hydrogens (tertiary/aromatic N) is 2. The fourth-order valence-electron chi connectivity index (χ4n) is 3.84. The monoisotopic (exact) mass is 462 g/mol. The molecule has 5 nitrogen and oxygen atoms in total. The number of fused-ring (bicyclic) bond motifs is 1. The second-order valence-corrected chi connectivity index (χ2v) is 8.34. The molecule has 0 fully saturated rings. The van der Waals surface area contributed by atoms with E-state index < -0.39 is 24.2 Å². The van der Waals surface area contributed by atoms with Crippen molar-refractivity contribution < 1.29 is 18.0 Å². The van der Waals surface area contributed by atoms with Gasteiger partial charge in [-0.3, -0.25) is 4.79 Å². The summed E-state index contributed by atoms with van der Waals surface area (Å²) in [5.74, 6) is -0.647. The Kier molecular flexibility index (Phi) is 5.90. The van der Waals surface area contributed by atoms with Crippen molar-refractivity contribution in [2.45, 2.75) is 44.6 Å². The average molecular weight is 463 g/mol. The Bertz CT molecular complexity index is 1110. The topological polar surface area (TPSA) is 59.0 Å². The van der Waals surface area contributed by atoms with E-state index in [9.17, 15) is 18.0 Å². The van der Waals surface area contributed by atoms with Gasteiger partial charge in [0.2, 0.25) is 0 Å². The SMILES string of the molecule is Cc1ccc([C@@H]2C[C@@H](C(F)(F)F)n3nc(C(=O)N[C@@H](C)c4ccccc4)c(Cl)c3N2)cc1. The molecule has 9 heteroatoms. The van der Waals surface area contributed by atoms with Gasteiger partial charge in [-0.1, -0.05) is 71.8 Å². The van der Waals surface area contributed by atoms with Gasteiger partial charge in [0.15, 0.2) is 11.7 Å². The Morgan fingerprint density at radius 2 is 1.84 bits per heavy atom. The van der Waals surface area contributed by atoms with E-state index in [4.69, 9.17) is 11.6 Å². The van der Waals surface area contributed by atoms with E-state index in [1.54, 1.807) is 19.1 Å². The third-order valence-electron chi connectivity index (χ3n) is 5.64. The van der Waals surface area contributed by atoms with Gasteiger partial charge >= 0.3 is 6.18 Å². The highest BCUT2D eigenvalue weighted by atomic mass is 35.5. The van der Waals surface area contributed by atoms with Gasteiger partial charge in [0.05, 0.1) is 12.1 Å². The maximum absolute atomic E-state index is 13.9. The number of alkyl halides is 3. The number of aromatic nitrogens is 2. The lowest BCUT2D eigenvalue weighted by Gasteiger charge is -2.33. The minimum absolute atomic E-state index is 0.0108. The number of aryl methyl sites for hydroxylation is 1. The lowest BCUT2D eigenvalue weighted by atomic mass is 9.96. The van der Waals surface area contributed by atoms with Gasteiger partial charge in [0, 0.05) is 6.42 Å². The molecule has 0 bridgehead atoms. The minimum Gasteiger partial charge on any atom is -0.362 e. The van der Waals surface area contributed by atoms with Crippen molar-refractivity contribution in [3.05, 3.63) is 82.0 Å². The van der Waals surface area contributed by atoms with E-state index in [0.29, 0.717) is 5.56 Å². The summed E-state index contributed by atoms with van der Waals surface area (Å²) in [5.41, 5.74) is 2.32. The summed E-state index contributed by atoms with van der Waals surface area (Å²) in [7, 11) is 0. The number of rotatable bonds is 4. The molecule has 0 saturated carbocycles. The summed E-state index contributed by atoms with van der Waals surface area (Å²) in [4.78, 5) is 12.8. The van der Waals surface area contributed by atoms with Crippen LogP contribution in [-0.4, -0.2) is 21.9 Å². The van der Waals surface area contributed by atoms with Crippen molar-refractivity contribution in [1.29, 1.82) is 0 Å². The maximum atomic E-state index is 13.9. The van der Waals surface area contributed by atoms with Crippen LogP contribution in [0.4, 0.5) is 19.0 Å². The van der Waals surface area contributed by atoms with Crippen LogP contribution in [0.25, 0.3) is 0 Å².